The van der Waals surface area contributed by atoms with Crippen LogP contribution in [0, 0.1) is 0 Å². The number of aldehydes is 1. The molecule has 1 unspecified atom stereocenters. The fraction of sp³-hybridized carbons (Fsp3) is 0.364. The number of fused-ring (bicyclic) bond motifs is 1. The second kappa shape index (κ2) is 4.64. The fourth-order valence-corrected chi connectivity index (χ4v) is 1.79. The van der Waals surface area contributed by atoms with E-state index in [4.69, 9.17) is 16.3 Å². The van der Waals surface area contributed by atoms with Crippen LogP contribution >= 0.6 is 11.6 Å². The molecule has 80 valence electrons. The summed E-state index contributed by atoms with van der Waals surface area (Å²) in [7, 11) is 0. The summed E-state index contributed by atoms with van der Waals surface area (Å²) in [5, 5.41) is 3.18. The third kappa shape index (κ3) is 2.13. The van der Waals surface area contributed by atoms with Crippen molar-refractivity contribution in [1.29, 1.82) is 0 Å². The number of benzene rings is 1. The van der Waals surface area contributed by atoms with E-state index in [2.05, 4.69) is 5.32 Å². The van der Waals surface area contributed by atoms with Crippen LogP contribution in [0.25, 0.3) is 0 Å². The average molecular weight is 226 g/mol. The Balaban J connectivity index is 2.17. The summed E-state index contributed by atoms with van der Waals surface area (Å²) in [5.74, 6) is 0.574. The summed E-state index contributed by atoms with van der Waals surface area (Å²) in [6.07, 6.45) is 0.444. The number of anilines is 1. The first kappa shape index (κ1) is 10.5. The van der Waals surface area contributed by atoms with E-state index in [0.29, 0.717) is 12.5 Å². The van der Waals surface area contributed by atoms with Gasteiger partial charge in [-0.2, -0.15) is 0 Å². The molecule has 0 amide bonds. The van der Waals surface area contributed by atoms with Crippen molar-refractivity contribution < 1.29 is 9.53 Å². The molecule has 1 atom stereocenters. The van der Waals surface area contributed by atoms with Gasteiger partial charge < -0.3 is 14.8 Å². The van der Waals surface area contributed by atoms with Gasteiger partial charge in [-0.1, -0.05) is 6.07 Å². The van der Waals surface area contributed by atoms with Crippen LogP contribution in [-0.2, 0) is 16.1 Å². The van der Waals surface area contributed by atoms with Crippen molar-refractivity contribution in [3.8, 4) is 0 Å². The number of nitrogens with one attached hydrogen (secondary N) is 1. The smallest absolute Gasteiger partial charge is 0.153 e. The predicted octanol–water partition coefficient (Wildman–Crippen LogP) is 2.11. The van der Waals surface area contributed by atoms with Gasteiger partial charge in [0, 0.05) is 18.1 Å². The molecule has 0 radical (unpaired) electrons. The molecular formula is C11H12ClNO2. The lowest BCUT2D eigenvalue weighted by Crippen LogP contribution is -2.03. The van der Waals surface area contributed by atoms with Gasteiger partial charge in [-0.05, 0) is 23.3 Å². The summed E-state index contributed by atoms with van der Waals surface area (Å²) in [5.41, 5.74) is 3.07. The normalized spacial score (nSPS) is 18.6. The molecule has 0 bridgehead atoms. The minimum Gasteiger partial charge on any atom is -0.384 e. The third-order valence-corrected chi connectivity index (χ3v) is 2.60. The maximum absolute atomic E-state index is 10.7. The summed E-state index contributed by atoms with van der Waals surface area (Å²) in [4.78, 5) is 10.7. The van der Waals surface area contributed by atoms with Crippen molar-refractivity contribution in [1.82, 2.24) is 0 Å². The van der Waals surface area contributed by atoms with E-state index in [1.807, 2.05) is 18.2 Å². The first-order valence-corrected chi connectivity index (χ1v) is 5.38. The minimum atomic E-state index is -0.387. The first-order chi connectivity index (χ1) is 7.35. The summed E-state index contributed by atoms with van der Waals surface area (Å²) in [6, 6.07) is 5.87. The number of alkyl halides is 1. The van der Waals surface area contributed by atoms with E-state index in [9.17, 15) is 4.79 Å². The number of hydrogen-bond acceptors (Lipinski definition) is 3. The summed E-state index contributed by atoms with van der Waals surface area (Å²) in [6.45, 7) is 1.24. The molecule has 2 rings (SSSR count). The van der Waals surface area contributed by atoms with Crippen molar-refractivity contribution in [3.63, 3.8) is 0 Å². The SMILES string of the molecule is O=CC1OCc2cc(NCCCl)ccc21. The highest BCUT2D eigenvalue weighted by Gasteiger charge is 2.22. The molecule has 1 N–H and O–H groups in total. The van der Waals surface area contributed by atoms with Crippen LogP contribution in [0.3, 0.4) is 0 Å². The molecule has 0 saturated heterocycles. The van der Waals surface area contributed by atoms with Gasteiger partial charge in [-0.25, -0.2) is 0 Å². The van der Waals surface area contributed by atoms with E-state index in [1.165, 1.54) is 0 Å². The quantitative estimate of drug-likeness (QED) is 0.630. The zero-order valence-electron chi connectivity index (χ0n) is 8.20. The van der Waals surface area contributed by atoms with Gasteiger partial charge >= 0.3 is 0 Å². The third-order valence-electron chi connectivity index (χ3n) is 2.42. The highest BCUT2D eigenvalue weighted by Crippen LogP contribution is 2.30. The van der Waals surface area contributed by atoms with Crippen molar-refractivity contribution in [2.45, 2.75) is 12.7 Å². The monoisotopic (exact) mass is 225 g/mol. The Labute approximate surface area is 93.4 Å². The first-order valence-electron chi connectivity index (χ1n) is 4.84. The van der Waals surface area contributed by atoms with Crippen LogP contribution < -0.4 is 5.32 Å². The summed E-state index contributed by atoms with van der Waals surface area (Å²) < 4.78 is 5.31. The molecule has 3 nitrogen and oxygen atoms in total. The molecular weight excluding hydrogens is 214 g/mol. The lowest BCUT2D eigenvalue weighted by Gasteiger charge is -2.06. The van der Waals surface area contributed by atoms with E-state index < -0.39 is 0 Å². The standard InChI is InChI=1S/C11H12ClNO2/c12-3-4-13-9-1-2-10-8(5-9)7-15-11(10)6-14/h1-2,5-6,11,13H,3-4,7H2. The number of carbonyl (C=O) groups is 1. The van der Waals surface area contributed by atoms with E-state index in [1.54, 1.807) is 0 Å². The van der Waals surface area contributed by atoms with E-state index in [-0.39, 0.29) is 6.10 Å². The van der Waals surface area contributed by atoms with Gasteiger partial charge in [0.25, 0.3) is 0 Å². The lowest BCUT2D eigenvalue weighted by atomic mass is 10.1. The maximum atomic E-state index is 10.7. The molecule has 0 fully saturated rings. The van der Waals surface area contributed by atoms with Crippen LogP contribution in [0.1, 0.15) is 17.2 Å². The molecule has 1 aromatic carbocycles. The molecule has 15 heavy (non-hydrogen) atoms. The highest BCUT2D eigenvalue weighted by molar-refractivity contribution is 6.18. The molecule has 1 heterocycles. The van der Waals surface area contributed by atoms with Crippen molar-refractivity contribution >= 4 is 23.6 Å². The maximum Gasteiger partial charge on any atom is 0.153 e. The molecule has 0 spiro atoms. The second-order valence-electron chi connectivity index (χ2n) is 3.40. The molecule has 1 aliphatic rings. The van der Waals surface area contributed by atoms with Crippen LogP contribution in [0.15, 0.2) is 18.2 Å². The lowest BCUT2D eigenvalue weighted by molar-refractivity contribution is -0.117. The number of carbonyl (C=O) groups excluding carboxylic acids is 1. The molecule has 0 aromatic heterocycles. The number of hydrogen-bond donors (Lipinski definition) is 1. The molecule has 1 aromatic rings. The van der Waals surface area contributed by atoms with Gasteiger partial charge in [0.2, 0.25) is 0 Å². The Hall–Kier alpha value is -1.06. The van der Waals surface area contributed by atoms with Crippen LogP contribution in [0.2, 0.25) is 0 Å². The van der Waals surface area contributed by atoms with Crippen LogP contribution in [-0.4, -0.2) is 18.7 Å². The number of rotatable bonds is 4. The largest absolute Gasteiger partial charge is 0.384 e. The van der Waals surface area contributed by atoms with Crippen molar-refractivity contribution in [2.75, 3.05) is 17.7 Å². The Bertz CT molecular complexity index is 368. The molecule has 0 aliphatic carbocycles. The topological polar surface area (TPSA) is 38.3 Å². The van der Waals surface area contributed by atoms with E-state index >= 15 is 0 Å². The zero-order chi connectivity index (χ0) is 10.7. The Morgan fingerprint density at radius 1 is 1.60 bits per heavy atom. The fourth-order valence-electron chi connectivity index (χ4n) is 1.69. The highest BCUT2D eigenvalue weighted by atomic mass is 35.5. The predicted molar refractivity (Wildman–Crippen MR) is 59.2 cm³/mol. The number of halogens is 1. The van der Waals surface area contributed by atoms with Gasteiger partial charge in [-0.15, -0.1) is 11.6 Å². The van der Waals surface area contributed by atoms with Crippen LogP contribution in [0.4, 0.5) is 5.69 Å². The van der Waals surface area contributed by atoms with Gasteiger partial charge in [0.1, 0.15) is 6.10 Å². The molecule has 4 heteroatoms. The summed E-state index contributed by atoms with van der Waals surface area (Å²) >= 11 is 5.58. The minimum absolute atomic E-state index is 0.387. The van der Waals surface area contributed by atoms with Crippen molar-refractivity contribution in [2.24, 2.45) is 0 Å². The Kier molecular flexibility index (Phi) is 3.23. The zero-order valence-corrected chi connectivity index (χ0v) is 8.96. The van der Waals surface area contributed by atoms with Gasteiger partial charge in [-0.3, -0.25) is 0 Å². The molecule has 1 aliphatic heterocycles. The Morgan fingerprint density at radius 3 is 3.20 bits per heavy atom. The van der Waals surface area contributed by atoms with Gasteiger partial charge in [0.05, 0.1) is 6.61 Å². The van der Waals surface area contributed by atoms with Crippen molar-refractivity contribution in [3.05, 3.63) is 29.3 Å². The van der Waals surface area contributed by atoms with Crippen LogP contribution in [0.5, 0.6) is 0 Å². The average Bonchev–Trinajstić information content (AvgIpc) is 2.68. The van der Waals surface area contributed by atoms with Gasteiger partial charge in [0.15, 0.2) is 6.29 Å². The number of ether oxygens (including phenoxy) is 1. The molecule has 0 saturated carbocycles. The van der Waals surface area contributed by atoms with E-state index in [0.717, 1.165) is 29.6 Å². The Morgan fingerprint density at radius 2 is 2.47 bits per heavy atom. The second-order valence-corrected chi connectivity index (χ2v) is 3.78.